The maximum atomic E-state index is 3.85. The molecule has 0 N–H and O–H groups in total. The van der Waals surface area contributed by atoms with Crippen LogP contribution < -0.4 is 0 Å². The van der Waals surface area contributed by atoms with E-state index in [4.69, 9.17) is 0 Å². The van der Waals surface area contributed by atoms with Gasteiger partial charge in [-0.15, -0.1) is 26.2 Å². The molecule has 0 spiro atoms. The van der Waals surface area contributed by atoms with Gasteiger partial charge in [0.25, 0.3) is 0 Å². The molecular weight excluding hydrogens is 435 g/mol. The number of hydrogen-bond acceptors (Lipinski definition) is 0. The molecule has 3 heteroatoms. The second kappa shape index (κ2) is 17.1. The zero-order valence-corrected chi connectivity index (χ0v) is 18.8. The minimum atomic E-state index is -0.460. The fraction of sp³-hybridized carbons (Fsp3) is 0.579. The van der Waals surface area contributed by atoms with Crippen LogP contribution in [-0.2, 0) is 22.9 Å². The molecule has 2 nitrogen and oxygen atoms in total. The van der Waals surface area contributed by atoms with E-state index >= 15 is 0 Å². The summed E-state index contributed by atoms with van der Waals surface area (Å²) in [6.45, 7) is 16.0. The van der Waals surface area contributed by atoms with Crippen molar-refractivity contribution in [2.75, 3.05) is 27.2 Å². The SMILES string of the molecule is C=CCC[N-]C.C=CCC[N-]C.C[C](C)(C)[Hf+2][C]1=CC=CC1. The first-order valence-electron chi connectivity index (χ1n) is 7.88. The number of nitrogens with zero attached hydrogens (tertiary/aromatic N) is 2. The molecule has 22 heavy (non-hydrogen) atoms. The van der Waals surface area contributed by atoms with E-state index in [1.807, 2.05) is 26.2 Å². The molecule has 0 aromatic heterocycles. The van der Waals surface area contributed by atoms with Gasteiger partial charge in [0.05, 0.1) is 0 Å². The molecule has 0 aromatic carbocycles. The Hall–Kier alpha value is -0.250. The second-order valence-corrected chi connectivity index (χ2v) is 14.5. The predicted octanol–water partition coefficient (Wildman–Crippen LogP) is 6.26. The van der Waals surface area contributed by atoms with Gasteiger partial charge in [0.15, 0.2) is 0 Å². The average Bonchev–Trinajstić information content (AvgIpc) is 2.95. The van der Waals surface area contributed by atoms with Crippen molar-refractivity contribution in [1.82, 2.24) is 0 Å². The van der Waals surface area contributed by atoms with Crippen LogP contribution in [-0.4, -0.2) is 27.2 Å². The Kier molecular flexibility index (Phi) is 18.7. The van der Waals surface area contributed by atoms with Crippen molar-refractivity contribution in [2.45, 2.75) is 43.2 Å². The molecule has 124 valence electrons. The van der Waals surface area contributed by atoms with E-state index in [0.717, 1.165) is 25.9 Å². The molecule has 0 aliphatic heterocycles. The number of rotatable bonds is 7. The van der Waals surface area contributed by atoms with Gasteiger partial charge in [-0.2, -0.15) is 14.1 Å². The summed E-state index contributed by atoms with van der Waals surface area (Å²) in [7, 11) is 3.62. The zero-order valence-electron chi connectivity index (χ0n) is 15.2. The first-order valence-corrected chi connectivity index (χ1v) is 11.5. The Morgan fingerprint density at radius 1 is 1.09 bits per heavy atom. The first kappa shape index (κ1) is 24.0. The van der Waals surface area contributed by atoms with Crippen LogP contribution in [0, 0.1) is 0 Å². The van der Waals surface area contributed by atoms with Crippen LogP contribution >= 0.6 is 0 Å². The van der Waals surface area contributed by atoms with Crippen molar-refractivity contribution >= 4 is 0 Å². The van der Waals surface area contributed by atoms with E-state index in [0.29, 0.717) is 3.17 Å². The summed E-state index contributed by atoms with van der Waals surface area (Å²) < 4.78 is 2.42. The van der Waals surface area contributed by atoms with Crippen molar-refractivity contribution in [3.63, 3.8) is 0 Å². The van der Waals surface area contributed by atoms with Gasteiger partial charge in [0.2, 0.25) is 0 Å². The molecule has 0 amide bonds. The van der Waals surface area contributed by atoms with Gasteiger partial charge < -0.3 is 10.6 Å². The summed E-state index contributed by atoms with van der Waals surface area (Å²) in [5.74, 6) is 0. The molecule has 0 atom stereocenters. The van der Waals surface area contributed by atoms with Gasteiger partial charge in [0.1, 0.15) is 0 Å². The number of allylic oxidation sites excluding steroid dienone is 4. The molecule has 0 bridgehead atoms. The fourth-order valence-corrected chi connectivity index (χ4v) is 6.36. The van der Waals surface area contributed by atoms with Gasteiger partial charge >= 0.3 is 74.8 Å². The summed E-state index contributed by atoms with van der Waals surface area (Å²) in [6.07, 6.45) is 13.8. The van der Waals surface area contributed by atoms with E-state index in [9.17, 15) is 0 Å². The predicted molar refractivity (Wildman–Crippen MR) is 99.5 cm³/mol. The van der Waals surface area contributed by atoms with Crippen LogP contribution in [0.3, 0.4) is 0 Å². The van der Waals surface area contributed by atoms with Crippen LogP contribution in [0.5, 0.6) is 0 Å². The van der Waals surface area contributed by atoms with Crippen molar-refractivity contribution < 1.29 is 22.9 Å². The van der Waals surface area contributed by atoms with Gasteiger partial charge in [-0.05, 0) is 0 Å². The van der Waals surface area contributed by atoms with Gasteiger partial charge in [-0.3, -0.25) is 0 Å². The Labute approximate surface area is 150 Å². The van der Waals surface area contributed by atoms with E-state index < -0.39 is 22.9 Å². The Bertz CT molecular complexity index is 313. The molecule has 0 saturated carbocycles. The van der Waals surface area contributed by atoms with Crippen LogP contribution in [0.15, 0.2) is 46.9 Å². The van der Waals surface area contributed by atoms with Crippen molar-refractivity contribution in [3.8, 4) is 0 Å². The molecule has 0 saturated heterocycles. The van der Waals surface area contributed by atoms with Crippen LogP contribution in [0.25, 0.3) is 10.6 Å². The molecule has 0 aromatic rings. The Morgan fingerprint density at radius 3 is 1.82 bits per heavy atom. The summed E-state index contributed by atoms with van der Waals surface area (Å²) in [5, 5.41) is 7.71. The summed E-state index contributed by atoms with van der Waals surface area (Å²) in [4.78, 5) is 0. The topological polar surface area (TPSA) is 28.2 Å². The summed E-state index contributed by atoms with van der Waals surface area (Å²) in [5.41, 5.74) is 0. The van der Waals surface area contributed by atoms with Crippen LogP contribution in [0.1, 0.15) is 40.0 Å². The number of hydrogen-bond donors (Lipinski definition) is 0. The van der Waals surface area contributed by atoms with E-state index in [1.165, 1.54) is 6.42 Å². The normalized spacial score (nSPS) is 12.1. The molecule has 1 rings (SSSR count). The molecule has 1 aliphatic carbocycles. The van der Waals surface area contributed by atoms with Gasteiger partial charge in [-0.25, -0.2) is 0 Å². The summed E-state index contributed by atoms with van der Waals surface area (Å²) >= 11 is -0.460. The Morgan fingerprint density at radius 2 is 1.59 bits per heavy atom. The van der Waals surface area contributed by atoms with Crippen LogP contribution in [0.2, 0.25) is 3.17 Å². The standard InChI is InChI=1S/2C5H10N.C5H5.C4H9.Hf/c2*1-3-4-5-6-2;1-2-4-5-3-1;1-4(2)3;/h2*3H,1,4-5H2,2H3;1-3H,4H2;1-3H3;/q2*-1;;;+2. The average molecular weight is 469 g/mol. The van der Waals surface area contributed by atoms with Gasteiger partial charge in [-0.1, -0.05) is 25.0 Å². The maximum absolute atomic E-state index is 3.85. The third-order valence-corrected chi connectivity index (χ3v) is 7.60. The first-order chi connectivity index (χ1) is 10.4. The van der Waals surface area contributed by atoms with E-state index in [1.54, 1.807) is 3.33 Å². The molecular formula is C19H34HfN2. The molecule has 0 fully saturated rings. The van der Waals surface area contributed by atoms with Crippen molar-refractivity contribution in [2.24, 2.45) is 0 Å². The molecule has 0 radical (unpaired) electrons. The van der Waals surface area contributed by atoms with Crippen molar-refractivity contribution in [1.29, 1.82) is 0 Å². The van der Waals surface area contributed by atoms with Crippen LogP contribution in [0.4, 0.5) is 0 Å². The Balaban J connectivity index is 0. The minimum absolute atomic E-state index is 0.460. The quantitative estimate of drug-likeness (QED) is 0.239. The third-order valence-electron chi connectivity index (χ3n) is 2.42. The van der Waals surface area contributed by atoms with Gasteiger partial charge in [0, 0.05) is 0 Å². The van der Waals surface area contributed by atoms with E-state index in [2.05, 4.69) is 62.8 Å². The summed E-state index contributed by atoms with van der Waals surface area (Å²) in [6, 6.07) is 0. The second-order valence-electron chi connectivity index (χ2n) is 5.93. The monoisotopic (exact) mass is 470 g/mol. The molecule has 1 aliphatic rings. The molecule has 0 unspecified atom stereocenters. The molecule has 0 heterocycles. The fourth-order valence-electron chi connectivity index (χ4n) is 1.46. The van der Waals surface area contributed by atoms with E-state index in [-0.39, 0.29) is 0 Å². The zero-order chi connectivity index (χ0) is 17.3. The third kappa shape index (κ3) is 22.0. The van der Waals surface area contributed by atoms with Crippen molar-refractivity contribution in [3.05, 3.63) is 57.5 Å².